The molecule has 5 heteroatoms. The average molecular weight is 296 g/mol. The average Bonchev–Trinajstić information content (AvgIpc) is 2.43. The van der Waals surface area contributed by atoms with E-state index in [4.69, 9.17) is 4.74 Å². The van der Waals surface area contributed by atoms with E-state index in [1.54, 1.807) is 24.3 Å². The molecule has 21 heavy (non-hydrogen) atoms. The van der Waals surface area contributed by atoms with Gasteiger partial charge in [0.25, 0.3) is 0 Å². The maximum atomic E-state index is 13.2. The largest absolute Gasteiger partial charge is 0.491 e. The zero-order valence-corrected chi connectivity index (χ0v) is 11.6. The summed E-state index contributed by atoms with van der Waals surface area (Å²) in [6.07, 6.45) is -1.32. The fourth-order valence-electron chi connectivity index (χ4n) is 1.96. The third-order valence-corrected chi connectivity index (χ3v) is 2.87. The molecule has 0 aliphatic carbocycles. The van der Waals surface area contributed by atoms with E-state index in [0.29, 0.717) is 11.3 Å². The molecule has 0 radical (unpaired) electrons. The number of hydrogen-bond acceptors (Lipinski definition) is 2. The van der Waals surface area contributed by atoms with Crippen LogP contribution in [0, 0.1) is 17.5 Å². The molecule has 0 saturated carbocycles. The lowest BCUT2D eigenvalue weighted by Gasteiger charge is -2.15. The van der Waals surface area contributed by atoms with E-state index in [9.17, 15) is 18.3 Å². The lowest BCUT2D eigenvalue weighted by atomic mass is 10.0. The molecule has 0 spiro atoms. The van der Waals surface area contributed by atoms with Crippen LogP contribution in [0.3, 0.4) is 0 Å². The Morgan fingerprint density at radius 1 is 0.952 bits per heavy atom. The highest BCUT2D eigenvalue weighted by atomic mass is 19.2. The molecule has 2 aromatic rings. The van der Waals surface area contributed by atoms with Gasteiger partial charge in [-0.15, -0.1) is 0 Å². The summed E-state index contributed by atoms with van der Waals surface area (Å²) in [5, 5.41) is 10.2. The van der Waals surface area contributed by atoms with Gasteiger partial charge >= 0.3 is 0 Å². The maximum absolute atomic E-state index is 13.2. The fourth-order valence-corrected chi connectivity index (χ4v) is 1.96. The van der Waals surface area contributed by atoms with Crippen molar-refractivity contribution in [3.8, 4) is 5.75 Å². The number of hydrogen-bond donors (Lipinski definition) is 1. The molecule has 0 aromatic heterocycles. The van der Waals surface area contributed by atoms with Crippen LogP contribution in [0.5, 0.6) is 5.75 Å². The number of rotatable bonds is 4. The van der Waals surface area contributed by atoms with Gasteiger partial charge in [-0.1, -0.05) is 12.1 Å². The second-order valence-corrected chi connectivity index (χ2v) is 4.94. The van der Waals surface area contributed by atoms with Crippen molar-refractivity contribution in [3.63, 3.8) is 0 Å². The molecule has 1 atom stereocenters. The van der Waals surface area contributed by atoms with Crippen LogP contribution in [0.4, 0.5) is 13.2 Å². The lowest BCUT2D eigenvalue weighted by Crippen LogP contribution is -2.07. The summed E-state index contributed by atoms with van der Waals surface area (Å²) in [6.45, 7) is 3.71. The third-order valence-electron chi connectivity index (χ3n) is 2.87. The molecule has 2 rings (SSSR count). The van der Waals surface area contributed by atoms with E-state index >= 15 is 0 Å². The van der Waals surface area contributed by atoms with Crippen LogP contribution in [0.1, 0.15) is 31.1 Å². The summed E-state index contributed by atoms with van der Waals surface area (Å²) in [7, 11) is 0. The first-order valence-electron chi connectivity index (χ1n) is 6.47. The van der Waals surface area contributed by atoms with Crippen LogP contribution in [-0.4, -0.2) is 11.2 Å². The van der Waals surface area contributed by atoms with E-state index in [2.05, 4.69) is 0 Å². The molecule has 0 aliphatic heterocycles. The van der Waals surface area contributed by atoms with Crippen molar-refractivity contribution >= 4 is 0 Å². The maximum Gasteiger partial charge on any atom is 0.194 e. The molecule has 0 fully saturated rings. The van der Waals surface area contributed by atoms with E-state index in [-0.39, 0.29) is 11.7 Å². The van der Waals surface area contributed by atoms with Crippen LogP contribution >= 0.6 is 0 Å². The predicted octanol–water partition coefficient (Wildman–Crippen LogP) is 3.97. The Hall–Kier alpha value is -2.01. The summed E-state index contributed by atoms with van der Waals surface area (Å²) in [6, 6.07) is 8.09. The smallest absolute Gasteiger partial charge is 0.194 e. The van der Waals surface area contributed by atoms with Gasteiger partial charge in [-0.05, 0) is 49.2 Å². The minimum Gasteiger partial charge on any atom is -0.491 e. The van der Waals surface area contributed by atoms with Crippen molar-refractivity contribution in [3.05, 3.63) is 65.0 Å². The molecule has 112 valence electrons. The van der Waals surface area contributed by atoms with Gasteiger partial charge in [0.2, 0.25) is 0 Å². The number of aliphatic hydroxyl groups excluding tert-OH is 1. The first kappa shape index (κ1) is 15.4. The molecule has 0 amide bonds. The van der Waals surface area contributed by atoms with Crippen molar-refractivity contribution in [1.82, 2.24) is 0 Å². The Kier molecular flexibility index (Phi) is 4.53. The second-order valence-electron chi connectivity index (χ2n) is 4.94. The van der Waals surface area contributed by atoms with Gasteiger partial charge in [0, 0.05) is 0 Å². The SMILES string of the molecule is CC(C)Oc1cccc(C(O)c2cc(F)c(F)c(F)c2)c1. The van der Waals surface area contributed by atoms with Gasteiger partial charge in [-0.25, -0.2) is 13.2 Å². The van der Waals surface area contributed by atoms with E-state index in [1.165, 1.54) is 0 Å². The molecule has 0 aliphatic rings. The summed E-state index contributed by atoms with van der Waals surface area (Å²) in [4.78, 5) is 0. The molecular formula is C16H15F3O2. The minimum atomic E-state index is -1.55. The minimum absolute atomic E-state index is 0.0434. The highest BCUT2D eigenvalue weighted by Crippen LogP contribution is 2.27. The van der Waals surface area contributed by atoms with Crippen molar-refractivity contribution in [2.75, 3.05) is 0 Å². The van der Waals surface area contributed by atoms with E-state index in [0.717, 1.165) is 12.1 Å². The Morgan fingerprint density at radius 2 is 1.57 bits per heavy atom. The zero-order valence-electron chi connectivity index (χ0n) is 11.6. The standard InChI is InChI=1S/C16H15F3O2/c1-9(2)21-12-5-3-4-10(6-12)16(20)11-7-13(17)15(19)14(18)8-11/h3-9,16,20H,1-2H3. The van der Waals surface area contributed by atoms with Crippen LogP contribution in [0.25, 0.3) is 0 Å². The zero-order chi connectivity index (χ0) is 15.6. The number of halogens is 3. The molecule has 2 aromatic carbocycles. The molecule has 2 nitrogen and oxygen atoms in total. The van der Waals surface area contributed by atoms with Crippen LogP contribution in [0.15, 0.2) is 36.4 Å². The van der Waals surface area contributed by atoms with Gasteiger partial charge in [-0.2, -0.15) is 0 Å². The monoisotopic (exact) mass is 296 g/mol. The van der Waals surface area contributed by atoms with Gasteiger partial charge in [-0.3, -0.25) is 0 Å². The lowest BCUT2D eigenvalue weighted by molar-refractivity contribution is 0.215. The molecular weight excluding hydrogens is 281 g/mol. The summed E-state index contributed by atoms with van der Waals surface area (Å²) in [5.41, 5.74) is 0.339. The van der Waals surface area contributed by atoms with Gasteiger partial charge in [0.1, 0.15) is 11.9 Å². The molecule has 0 saturated heterocycles. The highest BCUT2D eigenvalue weighted by molar-refractivity contribution is 5.36. The highest BCUT2D eigenvalue weighted by Gasteiger charge is 2.17. The Balaban J connectivity index is 2.33. The first-order chi connectivity index (χ1) is 9.88. The molecule has 0 heterocycles. The number of aliphatic hydroxyl groups is 1. The number of benzene rings is 2. The van der Waals surface area contributed by atoms with E-state index in [1.807, 2.05) is 13.8 Å². The van der Waals surface area contributed by atoms with Crippen LogP contribution in [-0.2, 0) is 0 Å². The van der Waals surface area contributed by atoms with Gasteiger partial charge < -0.3 is 9.84 Å². The Morgan fingerprint density at radius 3 is 2.14 bits per heavy atom. The summed E-state index contributed by atoms with van der Waals surface area (Å²) < 4.78 is 44.9. The predicted molar refractivity (Wildman–Crippen MR) is 72.6 cm³/mol. The fraction of sp³-hybridized carbons (Fsp3) is 0.250. The molecule has 1 unspecified atom stereocenters. The first-order valence-corrected chi connectivity index (χ1v) is 6.47. The van der Waals surface area contributed by atoms with Crippen molar-refractivity contribution in [2.45, 2.75) is 26.1 Å². The van der Waals surface area contributed by atoms with Crippen LogP contribution < -0.4 is 4.74 Å². The quantitative estimate of drug-likeness (QED) is 0.865. The second kappa shape index (κ2) is 6.18. The normalized spacial score (nSPS) is 12.5. The topological polar surface area (TPSA) is 29.5 Å². The summed E-state index contributed by atoms with van der Waals surface area (Å²) in [5.74, 6) is -3.69. The summed E-state index contributed by atoms with van der Waals surface area (Å²) >= 11 is 0. The molecule has 0 bridgehead atoms. The Labute approximate surface area is 120 Å². The van der Waals surface area contributed by atoms with Crippen molar-refractivity contribution in [2.24, 2.45) is 0 Å². The van der Waals surface area contributed by atoms with Crippen molar-refractivity contribution < 1.29 is 23.0 Å². The van der Waals surface area contributed by atoms with Gasteiger partial charge in [0.05, 0.1) is 6.10 Å². The van der Waals surface area contributed by atoms with E-state index < -0.39 is 23.6 Å². The Bertz CT molecular complexity index is 618. The van der Waals surface area contributed by atoms with Crippen LogP contribution in [0.2, 0.25) is 0 Å². The van der Waals surface area contributed by atoms with Crippen molar-refractivity contribution in [1.29, 1.82) is 0 Å². The third kappa shape index (κ3) is 3.55. The number of ether oxygens (including phenoxy) is 1. The van der Waals surface area contributed by atoms with Gasteiger partial charge in [0.15, 0.2) is 17.5 Å². The molecule has 1 N–H and O–H groups in total.